The third kappa shape index (κ3) is 2.96. The van der Waals surface area contributed by atoms with Crippen LogP contribution < -0.4 is 0 Å². The summed E-state index contributed by atoms with van der Waals surface area (Å²) in [6.45, 7) is 8.64. The van der Waals surface area contributed by atoms with Crippen molar-refractivity contribution in [1.82, 2.24) is 0 Å². The first kappa shape index (κ1) is 24.4. The lowest BCUT2D eigenvalue weighted by atomic mass is 9.49. The maximum absolute atomic E-state index is 13.4. The molecule has 0 spiro atoms. The Labute approximate surface area is 212 Å². The number of cyclic esters (lactones) is 1. The van der Waals surface area contributed by atoms with Crippen LogP contribution in [0.2, 0.25) is 0 Å². The average molecular weight is 499 g/mol. The van der Waals surface area contributed by atoms with E-state index in [1.165, 1.54) is 5.57 Å². The van der Waals surface area contributed by atoms with Crippen molar-refractivity contribution in [2.24, 2.45) is 46.8 Å². The molecule has 2 aliphatic heterocycles. The SMILES string of the molecule is CO[C@]12C[C@@H]3[C@H](CC=C4CC=CC(=O)[C@]43C)[C@H]3C[C@@H](OC=O)[C@H]([C@H]31)[C@@](C)([C@@H]1C[C@@H](C)[C@H](C)C(=O)O1)O2. The molecule has 0 radical (unpaired) electrons. The maximum Gasteiger partial charge on any atom is 0.309 e. The van der Waals surface area contributed by atoms with Gasteiger partial charge < -0.3 is 18.9 Å². The van der Waals surface area contributed by atoms with E-state index in [4.69, 9.17) is 18.9 Å². The van der Waals surface area contributed by atoms with Crippen molar-refractivity contribution in [1.29, 1.82) is 0 Å². The van der Waals surface area contributed by atoms with Crippen molar-refractivity contribution in [2.45, 2.75) is 83.4 Å². The number of carbonyl (C=O) groups excluding carboxylic acids is 3. The molecule has 196 valence electrons. The lowest BCUT2D eigenvalue weighted by Gasteiger charge is -2.56. The van der Waals surface area contributed by atoms with Crippen LogP contribution in [0.1, 0.15) is 59.8 Å². The molecule has 6 rings (SSSR count). The predicted molar refractivity (Wildman–Crippen MR) is 129 cm³/mol. The van der Waals surface area contributed by atoms with Crippen molar-refractivity contribution in [3.05, 3.63) is 23.8 Å². The maximum atomic E-state index is 13.4. The van der Waals surface area contributed by atoms with Crippen LogP contribution in [0.4, 0.5) is 0 Å². The lowest BCUT2D eigenvalue weighted by molar-refractivity contribution is -0.304. The first-order valence-electron chi connectivity index (χ1n) is 13.6. The Hall–Kier alpha value is -1.99. The van der Waals surface area contributed by atoms with E-state index in [-0.39, 0.29) is 59.3 Å². The van der Waals surface area contributed by atoms with Crippen molar-refractivity contribution < 1.29 is 33.3 Å². The first-order chi connectivity index (χ1) is 17.1. The molecule has 0 bridgehead atoms. The van der Waals surface area contributed by atoms with Crippen molar-refractivity contribution in [2.75, 3.05) is 7.11 Å². The van der Waals surface area contributed by atoms with E-state index in [0.717, 1.165) is 12.8 Å². The highest BCUT2D eigenvalue weighted by Crippen LogP contribution is 2.70. The fourth-order valence-electron chi connectivity index (χ4n) is 9.24. The summed E-state index contributed by atoms with van der Waals surface area (Å²) < 4.78 is 25.2. The van der Waals surface area contributed by atoms with Crippen LogP contribution in [0, 0.1) is 46.8 Å². The summed E-state index contributed by atoms with van der Waals surface area (Å²) in [5, 5.41) is 0. The van der Waals surface area contributed by atoms with Gasteiger partial charge in [-0.15, -0.1) is 0 Å². The highest BCUT2D eigenvalue weighted by atomic mass is 16.7. The fraction of sp³-hybridized carbons (Fsp3) is 0.759. The Kier molecular flexibility index (Phi) is 5.41. The van der Waals surface area contributed by atoms with E-state index < -0.39 is 22.9 Å². The van der Waals surface area contributed by atoms with Gasteiger partial charge in [0, 0.05) is 25.4 Å². The number of allylic oxidation sites excluding steroid dienone is 4. The standard InChI is InChI=1S/C29H38O7/c1-15-11-23(35-26(32)16(15)2)28(4)25-21(34-14-30)12-19-18-10-9-17-7-6-8-22(31)27(17,3)20(18)13-29(33-5,36-28)24(19)25/h6,8-9,14-16,18-21,23-25H,7,10-13H2,1-5H3/t15-,16+,18-,19-,20-,21-,23+,24+,25-,27-,28-,29+/m1/s1. The Morgan fingerprint density at radius 2 is 1.89 bits per heavy atom. The summed E-state index contributed by atoms with van der Waals surface area (Å²) in [6, 6.07) is 0. The highest BCUT2D eigenvalue weighted by molar-refractivity contribution is 5.98. The van der Waals surface area contributed by atoms with Crippen LogP contribution in [0.25, 0.3) is 0 Å². The van der Waals surface area contributed by atoms with Crippen LogP contribution >= 0.6 is 0 Å². The minimum absolute atomic E-state index is 0.0140. The third-order valence-corrected chi connectivity index (χ3v) is 11.3. The molecule has 0 N–H and O–H groups in total. The molecule has 0 aromatic carbocycles. The molecule has 0 amide bonds. The molecular weight excluding hydrogens is 460 g/mol. The largest absolute Gasteiger partial charge is 0.464 e. The fourth-order valence-corrected chi connectivity index (χ4v) is 9.24. The molecule has 4 aliphatic carbocycles. The number of hydrogen-bond acceptors (Lipinski definition) is 7. The number of esters is 1. The number of ether oxygens (including phenoxy) is 4. The topological polar surface area (TPSA) is 88.1 Å². The van der Waals surface area contributed by atoms with E-state index >= 15 is 0 Å². The number of methoxy groups -OCH3 is 1. The van der Waals surface area contributed by atoms with Crippen LogP contribution in [-0.4, -0.2) is 48.9 Å². The zero-order chi connectivity index (χ0) is 25.6. The molecule has 6 aliphatic rings. The van der Waals surface area contributed by atoms with Crippen LogP contribution in [-0.2, 0) is 33.3 Å². The van der Waals surface area contributed by atoms with Gasteiger partial charge in [0.15, 0.2) is 11.6 Å². The van der Waals surface area contributed by atoms with Gasteiger partial charge in [0.25, 0.3) is 6.47 Å². The average Bonchev–Trinajstić information content (AvgIpc) is 3.37. The second kappa shape index (κ2) is 8.00. The van der Waals surface area contributed by atoms with Gasteiger partial charge in [-0.3, -0.25) is 14.4 Å². The molecular formula is C29H38O7. The van der Waals surface area contributed by atoms with E-state index in [1.807, 2.05) is 19.9 Å². The van der Waals surface area contributed by atoms with Crippen LogP contribution in [0.5, 0.6) is 0 Å². The summed E-state index contributed by atoms with van der Waals surface area (Å²) in [5.41, 5.74) is -0.258. The van der Waals surface area contributed by atoms with E-state index in [9.17, 15) is 14.4 Å². The van der Waals surface area contributed by atoms with E-state index in [2.05, 4.69) is 19.9 Å². The van der Waals surface area contributed by atoms with Crippen LogP contribution in [0.15, 0.2) is 23.8 Å². The molecule has 36 heavy (non-hydrogen) atoms. The normalized spacial score (nSPS) is 53.1. The van der Waals surface area contributed by atoms with Gasteiger partial charge in [0.2, 0.25) is 0 Å². The quantitative estimate of drug-likeness (QED) is 0.329. The Morgan fingerprint density at radius 1 is 1.11 bits per heavy atom. The van der Waals surface area contributed by atoms with Gasteiger partial charge >= 0.3 is 5.97 Å². The predicted octanol–water partition coefficient (Wildman–Crippen LogP) is 4.00. The zero-order valence-electron chi connectivity index (χ0n) is 21.9. The van der Waals surface area contributed by atoms with Gasteiger partial charge in [-0.25, -0.2) is 0 Å². The molecule has 2 saturated carbocycles. The minimum Gasteiger partial charge on any atom is -0.464 e. The summed E-state index contributed by atoms with van der Waals surface area (Å²) in [7, 11) is 1.69. The summed E-state index contributed by atoms with van der Waals surface area (Å²) in [5.74, 6) is -0.678. The Morgan fingerprint density at radius 3 is 2.58 bits per heavy atom. The van der Waals surface area contributed by atoms with Crippen molar-refractivity contribution in [3.8, 4) is 0 Å². The molecule has 2 saturated heterocycles. The molecule has 2 heterocycles. The second-order valence-electron chi connectivity index (χ2n) is 12.6. The second-order valence-corrected chi connectivity index (χ2v) is 12.6. The van der Waals surface area contributed by atoms with Gasteiger partial charge in [0.1, 0.15) is 17.8 Å². The van der Waals surface area contributed by atoms with Gasteiger partial charge in [-0.2, -0.15) is 0 Å². The van der Waals surface area contributed by atoms with Gasteiger partial charge in [-0.1, -0.05) is 31.6 Å². The molecule has 0 aromatic rings. The van der Waals surface area contributed by atoms with Crippen molar-refractivity contribution in [3.63, 3.8) is 0 Å². The third-order valence-electron chi connectivity index (χ3n) is 11.3. The highest BCUT2D eigenvalue weighted by Gasteiger charge is 2.76. The van der Waals surface area contributed by atoms with Gasteiger partial charge in [-0.05, 0) is 69.3 Å². The Bertz CT molecular complexity index is 1050. The summed E-state index contributed by atoms with van der Waals surface area (Å²) >= 11 is 0. The first-order valence-corrected chi connectivity index (χ1v) is 13.6. The molecule has 0 unspecified atom stereocenters. The number of hydrogen-bond donors (Lipinski definition) is 0. The minimum atomic E-state index is -0.933. The van der Waals surface area contributed by atoms with Crippen molar-refractivity contribution >= 4 is 18.2 Å². The monoisotopic (exact) mass is 498 g/mol. The number of fused-ring (bicyclic) bond motifs is 4. The molecule has 7 heteroatoms. The molecule has 12 atom stereocenters. The van der Waals surface area contributed by atoms with E-state index in [1.54, 1.807) is 13.2 Å². The summed E-state index contributed by atoms with van der Waals surface area (Å²) in [6.07, 6.45) is 8.86. The smallest absolute Gasteiger partial charge is 0.309 e. The number of carbonyl (C=O) groups is 3. The molecule has 0 aromatic heterocycles. The van der Waals surface area contributed by atoms with E-state index in [0.29, 0.717) is 25.7 Å². The summed E-state index contributed by atoms with van der Waals surface area (Å²) in [4.78, 5) is 37.8. The number of rotatable bonds is 4. The lowest BCUT2D eigenvalue weighted by Crippen LogP contribution is -2.58. The molecule has 7 nitrogen and oxygen atoms in total. The zero-order valence-corrected chi connectivity index (χ0v) is 21.9. The van der Waals surface area contributed by atoms with Gasteiger partial charge in [0.05, 0.1) is 11.3 Å². The Balaban J connectivity index is 1.45. The number of ketones is 1. The van der Waals surface area contributed by atoms with Crippen LogP contribution in [0.3, 0.4) is 0 Å². The molecule has 4 fully saturated rings.